The molecule has 0 aliphatic rings. The Labute approximate surface area is 94.5 Å². The van der Waals surface area contributed by atoms with Gasteiger partial charge in [0.1, 0.15) is 0 Å². The SMILES string of the molecule is Nc1ccccc1[C@@H](Cl)c1ccccc1. The maximum Gasteiger partial charge on any atom is 0.0855 e. The van der Waals surface area contributed by atoms with Crippen molar-refractivity contribution in [1.29, 1.82) is 0 Å². The second kappa shape index (κ2) is 4.37. The fourth-order valence-electron chi connectivity index (χ4n) is 1.54. The minimum absolute atomic E-state index is 0.174. The third-order valence-corrected chi connectivity index (χ3v) is 2.85. The Kier molecular flexibility index (Phi) is 2.93. The maximum absolute atomic E-state index is 6.36. The number of nitrogen functional groups attached to an aromatic ring is 1. The van der Waals surface area contributed by atoms with E-state index >= 15 is 0 Å². The monoisotopic (exact) mass is 217 g/mol. The van der Waals surface area contributed by atoms with Crippen molar-refractivity contribution in [1.82, 2.24) is 0 Å². The summed E-state index contributed by atoms with van der Waals surface area (Å²) in [5.41, 5.74) is 8.64. The zero-order chi connectivity index (χ0) is 10.7. The average Bonchev–Trinajstić information content (AvgIpc) is 2.30. The molecule has 1 atom stereocenters. The Hall–Kier alpha value is -1.47. The van der Waals surface area contributed by atoms with Crippen molar-refractivity contribution in [3.05, 3.63) is 65.7 Å². The van der Waals surface area contributed by atoms with Crippen LogP contribution < -0.4 is 5.73 Å². The molecule has 2 aromatic carbocycles. The summed E-state index contributed by atoms with van der Waals surface area (Å²) in [5.74, 6) is 0. The van der Waals surface area contributed by atoms with Crippen LogP contribution in [0, 0.1) is 0 Å². The molecule has 0 radical (unpaired) electrons. The van der Waals surface area contributed by atoms with Crippen LogP contribution >= 0.6 is 11.6 Å². The number of anilines is 1. The van der Waals surface area contributed by atoms with Gasteiger partial charge in [-0.05, 0) is 17.2 Å². The molecule has 0 aliphatic carbocycles. The summed E-state index contributed by atoms with van der Waals surface area (Å²) in [4.78, 5) is 0. The largest absolute Gasteiger partial charge is 0.398 e. The third kappa shape index (κ3) is 2.13. The van der Waals surface area contributed by atoms with Crippen LogP contribution in [0.2, 0.25) is 0 Å². The average molecular weight is 218 g/mol. The van der Waals surface area contributed by atoms with Crippen LogP contribution in [0.1, 0.15) is 16.5 Å². The molecule has 2 aromatic rings. The summed E-state index contributed by atoms with van der Waals surface area (Å²) in [6.45, 7) is 0. The van der Waals surface area contributed by atoms with Gasteiger partial charge in [-0.15, -0.1) is 11.6 Å². The van der Waals surface area contributed by atoms with Crippen molar-refractivity contribution < 1.29 is 0 Å². The molecule has 0 aromatic heterocycles. The van der Waals surface area contributed by atoms with E-state index in [4.69, 9.17) is 17.3 Å². The lowest BCUT2D eigenvalue weighted by Gasteiger charge is -2.12. The number of alkyl halides is 1. The Morgan fingerprint density at radius 3 is 2.13 bits per heavy atom. The standard InChI is InChI=1S/C13H12ClN/c14-13(10-6-2-1-3-7-10)11-8-4-5-9-12(11)15/h1-9,13H,15H2/t13-/m0/s1. The highest BCUT2D eigenvalue weighted by atomic mass is 35.5. The van der Waals surface area contributed by atoms with Gasteiger partial charge in [0, 0.05) is 5.69 Å². The van der Waals surface area contributed by atoms with Gasteiger partial charge in [0.2, 0.25) is 0 Å². The number of halogens is 1. The molecule has 2 rings (SSSR count). The van der Waals surface area contributed by atoms with E-state index in [0.29, 0.717) is 0 Å². The van der Waals surface area contributed by atoms with E-state index in [1.807, 2.05) is 54.6 Å². The summed E-state index contributed by atoms with van der Waals surface area (Å²) in [6, 6.07) is 17.6. The van der Waals surface area contributed by atoms with Gasteiger partial charge in [0.15, 0.2) is 0 Å². The van der Waals surface area contributed by atoms with Gasteiger partial charge in [-0.25, -0.2) is 0 Å². The lowest BCUT2D eigenvalue weighted by Crippen LogP contribution is -1.98. The molecule has 0 saturated carbocycles. The fourth-order valence-corrected chi connectivity index (χ4v) is 1.89. The quantitative estimate of drug-likeness (QED) is 0.604. The number of rotatable bonds is 2. The van der Waals surface area contributed by atoms with Crippen LogP contribution in [0.15, 0.2) is 54.6 Å². The summed E-state index contributed by atoms with van der Waals surface area (Å²) < 4.78 is 0. The lowest BCUT2D eigenvalue weighted by atomic mass is 10.0. The van der Waals surface area contributed by atoms with E-state index in [2.05, 4.69) is 0 Å². The van der Waals surface area contributed by atoms with Crippen molar-refractivity contribution in [2.24, 2.45) is 0 Å². The minimum Gasteiger partial charge on any atom is -0.398 e. The zero-order valence-corrected chi connectivity index (χ0v) is 8.98. The van der Waals surface area contributed by atoms with Crippen LogP contribution in [-0.2, 0) is 0 Å². The maximum atomic E-state index is 6.36. The first-order valence-corrected chi connectivity index (χ1v) is 5.26. The highest BCUT2D eigenvalue weighted by Crippen LogP contribution is 2.31. The topological polar surface area (TPSA) is 26.0 Å². The van der Waals surface area contributed by atoms with Gasteiger partial charge in [-0.2, -0.15) is 0 Å². The highest BCUT2D eigenvalue weighted by molar-refractivity contribution is 6.23. The fraction of sp³-hybridized carbons (Fsp3) is 0.0769. The molecule has 0 amide bonds. The Morgan fingerprint density at radius 2 is 1.47 bits per heavy atom. The summed E-state index contributed by atoms with van der Waals surface area (Å²) in [5, 5.41) is -0.174. The number of nitrogens with two attached hydrogens (primary N) is 1. The first-order chi connectivity index (χ1) is 7.29. The van der Waals surface area contributed by atoms with Crippen molar-refractivity contribution in [2.75, 3.05) is 5.73 Å². The van der Waals surface area contributed by atoms with E-state index < -0.39 is 0 Å². The Morgan fingerprint density at radius 1 is 0.867 bits per heavy atom. The van der Waals surface area contributed by atoms with Crippen molar-refractivity contribution in [3.63, 3.8) is 0 Å². The van der Waals surface area contributed by atoms with E-state index in [-0.39, 0.29) is 5.38 Å². The van der Waals surface area contributed by atoms with Gasteiger partial charge < -0.3 is 5.73 Å². The van der Waals surface area contributed by atoms with Gasteiger partial charge >= 0.3 is 0 Å². The molecule has 2 N–H and O–H groups in total. The number of benzene rings is 2. The second-order valence-corrected chi connectivity index (χ2v) is 3.84. The first-order valence-electron chi connectivity index (χ1n) is 4.82. The normalized spacial score (nSPS) is 12.3. The summed E-state index contributed by atoms with van der Waals surface area (Å²) >= 11 is 6.36. The molecule has 0 fully saturated rings. The Bertz CT molecular complexity index is 439. The summed E-state index contributed by atoms with van der Waals surface area (Å²) in [6.07, 6.45) is 0. The number of hydrogen-bond donors (Lipinski definition) is 1. The van der Waals surface area contributed by atoms with E-state index in [0.717, 1.165) is 16.8 Å². The molecule has 0 heterocycles. The smallest absolute Gasteiger partial charge is 0.0855 e. The van der Waals surface area contributed by atoms with Crippen LogP contribution in [0.25, 0.3) is 0 Å². The predicted molar refractivity (Wildman–Crippen MR) is 65.0 cm³/mol. The molecule has 0 bridgehead atoms. The predicted octanol–water partition coefficient (Wildman–Crippen LogP) is 3.60. The minimum atomic E-state index is -0.174. The van der Waals surface area contributed by atoms with Gasteiger partial charge in [0.25, 0.3) is 0 Å². The molecular formula is C13H12ClN. The van der Waals surface area contributed by atoms with Crippen molar-refractivity contribution in [2.45, 2.75) is 5.38 Å². The molecule has 0 spiro atoms. The molecule has 0 unspecified atom stereocenters. The molecule has 0 saturated heterocycles. The van der Waals surface area contributed by atoms with Crippen LogP contribution in [-0.4, -0.2) is 0 Å². The van der Waals surface area contributed by atoms with Gasteiger partial charge in [-0.1, -0.05) is 48.5 Å². The van der Waals surface area contributed by atoms with Gasteiger partial charge in [0.05, 0.1) is 5.38 Å². The molecule has 0 aliphatic heterocycles. The van der Waals surface area contributed by atoms with Crippen LogP contribution in [0.4, 0.5) is 5.69 Å². The number of para-hydroxylation sites is 1. The summed E-state index contributed by atoms with van der Waals surface area (Å²) in [7, 11) is 0. The zero-order valence-electron chi connectivity index (χ0n) is 8.23. The number of hydrogen-bond acceptors (Lipinski definition) is 1. The second-order valence-electron chi connectivity index (χ2n) is 3.40. The molecule has 2 heteroatoms. The highest BCUT2D eigenvalue weighted by Gasteiger charge is 2.12. The third-order valence-electron chi connectivity index (χ3n) is 2.36. The van der Waals surface area contributed by atoms with Crippen LogP contribution in [0.3, 0.4) is 0 Å². The van der Waals surface area contributed by atoms with E-state index in [1.54, 1.807) is 0 Å². The first kappa shape index (κ1) is 10.1. The van der Waals surface area contributed by atoms with E-state index in [1.165, 1.54) is 0 Å². The molecule has 1 nitrogen and oxygen atoms in total. The van der Waals surface area contributed by atoms with E-state index in [9.17, 15) is 0 Å². The van der Waals surface area contributed by atoms with Crippen LogP contribution in [0.5, 0.6) is 0 Å². The molecular weight excluding hydrogens is 206 g/mol. The van der Waals surface area contributed by atoms with Crippen molar-refractivity contribution in [3.8, 4) is 0 Å². The lowest BCUT2D eigenvalue weighted by molar-refractivity contribution is 1.15. The van der Waals surface area contributed by atoms with Gasteiger partial charge in [-0.3, -0.25) is 0 Å². The molecule has 76 valence electrons. The Balaban J connectivity index is 2.37. The van der Waals surface area contributed by atoms with Crippen molar-refractivity contribution >= 4 is 17.3 Å². The molecule has 15 heavy (non-hydrogen) atoms.